The molecule has 5 N–H and O–H groups in total. The molecule has 0 bridgehead atoms. The lowest BCUT2D eigenvalue weighted by Gasteiger charge is -2.22. The molecule has 1 saturated heterocycles. The predicted octanol–water partition coefficient (Wildman–Crippen LogP) is 0.639. The van der Waals surface area contributed by atoms with Crippen molar-refractivity contribution < 1.29 is 18.8 Å². The van der Waals surface area contributed by atoms with Gasteiger partial charge in [-0.1, -0.05) is 0 Å². The number of aromatic amines is 1. The highest BCUT2D eigenvalue weighted by atomic mass is 19.1. The van der Waals surface area contributed by atoms with E-state index < -0.39 is 23.5 Å². The minimum Gasteiger partial charge on any atom is -0.398 e. The highest BCUT2D eigenvalue weighted by Gasteiger charge is 2.48. The molecule has 0 spiro atoms. The van der Waals surface area contributed by atoms with Crippen LogP contribution in [0.3, 0.4) is 0 Å². The lowest BCUT2D eigenvalue weighted by atomic mass is 10.0. The lowest BCUT2D eigenvalue weighted by molar-refractivity contribution is -0.134. The summed E-state index contributed by atoms with van der Waals surface area (Å²) in [6, 6.07) is 2.34. The predicted molar refractivity (Wildman–Crippen MR) is 86.2 cm³/mol. The van der Waals surface area contributed by atoms with Gasteiger partial charge in [0, 0.05) is 12.1 Å². The molecule has 1 aromatic carbocycles. The van der Waals surface area contributed by atoms with Crippen molar-refractivity contribution in [3.8, 4) is 0 Å². The summed E-state index contributed by atoms with van der Waals surface area (Å²) in [5.74, 6) is -1.33. The molecule has 25 heavy (non-hydrogen) atoms. The molecule has 1 aromatic heterocycles. The maximum absolute atomic E-state index is 14.3. The number of piperidine rings is 1. The molecule has 9 heteroatoms. The molecule has 1 unspecified atom stereocenters. The second kappa shape index (κ2) is 5.27. The zero-order chi connectivity index (χ0) is 17.8. The number of alkyl halides is 1. The molecule has 2 heterocycles. The molecule has 3 amide bonds. The van der Waals surface area contributed by atoms with Crippen molar-refractivity contribution in [2.45, 2.75) is 37.4 Å². The molecule has 1 aliphatic carbocycles. The van der Waals surface area contributed by atoms with Crippen LogP contribution in [-0.4, -0.2) is 33.7 Å². The number of amides is 3. The number of carbonyl (C=O) groups is 3. The number of nitrogens with zero attached hydrogens (tertiary/aromatic N) is 1. The smallest absolute Gasteiger partial charge is 0.256 e. The van der Waals surface area contributed by atoms with E-state index in [-0.39, 0.29) is 41.3 Å². The van der Waals surface area contributed by atoms with Gasteiger partial charge in [-0.15, -0.1) is 0 Å². The van der Waals surface area contributed by atoms with Crippen molar-refractivity contribution in [2.24, 2.45) is 0 Å². The molecule has 0 radical (unpaired) electrons. The van der Waals surface area contributed by atoms with Gasteiger partial charge in [-0.3, -0.25) is 19.7 Å². The number of nitrogens with two attached hydrogens (primary N) is 1. The van der Waals surface area contributed by atoms with Crippen molar-refractivity contribution in [3.05, 3.63) is 23.5 Å². The number of benzene rings is 1. The van der Waals surface area contributed by atoms with Gasteiger partial charge in [0.1, 0.15) is 17.4 Å². The number of hydrogen-bond donors (Lipinski definition) is 4. The van der Waals surface area contributed by atoms with E-state index >= 15 is 0 Å². The fourth-order valence-electron chi connectivity index (χ4n) is 2.95. The minimum absolute atomic E-state index is 0.0916. The minimum atomic E-state index is -1.47. The topological polar surface area (TPSA) is 130 Å². The summed E-state index contributed by atoms with van der Waals surface area (Å²) in [4.78, 5) is 42.8. The molecule has 4 rings (SSSR count). The van der Waals surface area contributed by atoms with Crippen LogP contribution in [0.25, 0.3) is 11.0 Å². The molecule has 1 atom stereocenters. The van der Waals surface area contributed by atoms with Crippen LogP contribution in [0.2, 0.25) is 0 Å². The van der Waals surface area contributed by atoms with Crippen molar-refractivity contribution in [3.63, 3.8) is 0 Å². The maximum Gasteiger partial charge on any atom is 0.256 e. The summed E-state index contributed by atoms with van der Waals surface area (Å²) < 4.78 is 14.3. The van der Waals surface area contributed by atoms with E-state index in [1.807, 2.05) is 0 Å². The van der Waals surface area contributed by atoms with Gasteiger partial charge in [0.05, 0.1) is 11.1 Å². The van der Waals surface area contributed by atoms with Crippen molar-refractivity contribution in [2.75, 3.05) is 5.73 Å². The monoisotopic (exact) mass is 345 g/mol. The third kappa shape index (κ3) is 2.61. The number of imidazole rings is 1. The van der Waals surface area contributed by atoms with Gasteiger partial charge >= 0.3 is 0 Å². The number of H-pyrrole nitrogens is 1. The highest BCUT2D eigenvalue weighted by Crippen LogP contribution is 2.48. The SMILES string of the molecule is Nc1ccc2[nH]c(C3(F)CC3)nc2c1C(=O)NC1CCC(=O)NC1=O. The van der Waals surface area contributed by atoms with E-state index in [1.165, 1.54) is 6.07 Å². The number of carbonyl (C=O) groups excluding carboxylic acids is 3. The molecule has 130 valence electrons. The Morgan fingerprint density at radius 2 is 2.12 bits per heavy atom. The van der Waals surface area contributed by atoms with Crippen LogP contribution in [0.4, 0.5) is 10.1 Å². The number of rotatable bonds is 3. The van der Waals surface area contributed by atoms with Gasteiger partial charge in [-0.2, -0.15) is 0 Å². The number of hydrogen-bond acceptors (Lipinski definition) is 5. The molecular formula is C16H16FN5O3. The summed E-state index contributed by atoms with van der Waals surface area (Å²) in [6.07, 6.45) is 1.14. The zero-order valence-electron chi connectivity index (χ0n) is 13.2. The first kappa shape index (κ1) is 15.6. The van der Waals surface area contributed by atoms with Crippen LogP contribution in [0.5, 0.6) is 0 Å². The molecular weight excluding hydrogens is 329 g/mol. The summed E-state index contributed by atoms with van der Waals surface area (Å²) >= 11 is 0. The largest absolute Gasteiger partial charge is 0.398 e. The van der Waals surface area contributed by atoms with Crippen LogP contribution in [0, 0.1) is 0 Å². The molecule has 2 aromatic rings. The van der Waals surface area contributed by atoms with Crippen molar-refractivity contribution in [1.29, 1.82) is 0 Å². The second-order valence-corrected chi connectivity index (χ2v) is 6.45. The van der Waals surface area contributed by atoms with Gasteiger partial charge < -0.3 is 16.0 Å². The summed E-state index contributed by atoms with van der Waals surface area (Å²) in [5, 5.41) is 4.75. The quantitative estimate of drug-likeness (QED) is 0.479. The number of halogens is 1. The second-order valence-electron chi connectivity index (χ2n) is 6.45. The average Bonchev–Trinajstić information content (AvgIpc) is 3.15. The first-order valence-electron chi connectivity index (χ1n) is 7.99. The fraction of sp³-hybridized carbons (Fsp3) is 0.375. The number of anilines is 1. The van der Waals surface area contributed by atoms with Crippen LogP contribution < -0.4 is 16.4 Å². The molecule has 2 aliphatic rings. The number of imide groups is 1. The van der Waals surface area contributed by atoms with Crippen LogP contribution in [0.15, 0.2) is 12.1 Å². The van der Waals surface area contributed by atoms with Crippen molar-refractivity contribution in [1.82, 2.24) is 20.6 Å². The van der Waals surface area contributed by atoms with E-state index in [1.54, 1.807) is 6.07 Å². The number of nitrogen functional groups attached to an aromatic ring is 1. The van der Waals surface area contributed by atoms with E-state index in [4.69, 9.17) is 5.73 Å². The number of aromatic nitrogens is 2. The first-order chi connectivity index (χ1) is 11.9. The standard InChI is InChI=1S/C16H16FN5O3/c17-16(5-6-16)15-20-8-2-1-7(18)11(12(8)22-15)14(25)19-9-3-4-10(23)21-13(9)24/h1-2,9H,3-6,18H2,(H,19,25)(H,20,22)(H,21,23,24). The summed E-state index contributed by atoms with van der Waals surface area (Å²) in [7, 11) is 0. The zero-order valence-corrected chi connectivity index (χ0v) is 13.2. The van der Waals surface area contributed by atoms with E-state index in [9.17, 15) is 18.8 Å². The van der Waals surface area contributed by atoms with Gasteiger partial charge in [0.15, 0.2) is 5.67 Å². The third-order valence-electron chi connectivity index (χ3n) is 4.57. The maximum atomic E-state index is 14.3. The van der Waals surface area contributed by atoms with Crippen LogP contribution >= 0.6 is 0 Å². The fourth-order valence-corrected chi connectivity index (χ4v) is 2.95. The van der Waals surface area contributed by atoms with Gasteiger partial charge in [-0.05, 0) is 31.4 Å². The van der Waals surface area contributed by atoms with Crippen molar-refractivity contribution >= 4 is 34.4 Å². The Labute approximate surface area is 141 Å². The van der Waals surface area contributed by atoms with Gasteiger partial charge in [0.25, 0.3) is 5.91 Å². The van der Waals surface area contributed by atoms with E-state index in [2.05, 4.69) is 20.6 Å². The number of fused-ring (bicyclic) bond motifs is 1. The Morgan fingerprint density at radius 3 is 2.80 bits per heavy atom. The molecule has 1 saturated carbocycles. The van der Waals surface area contributed by atoms with E-state index in [0.717, 1.165) is 0 Å². The third-order valence-corrected chi connectivity index (χ3v) is 4.57. The molecule has 1 aliphatic heterocycles. The Morgan fingerprint density at radius 1 is 1.36 bits per heavy atom. The van der Waals surface area contributed by atoms with E-state index in [0.29, 0.717) is 18.4 Å². The van der Waals surface area contributed by atoms with Gasteiger partial charge in [-0.25, -0.2) is 9.37 Å². The Hall–Kier alpha value is -2.97. The van der Waals surface area contributed by atoms with Gasteiger partial charge in [0.2, 0.25) is 11.8 Å². The Kier molecular flexibility index (Phi) is 3.28. The van der Waals surface area contributed by atoms with Crippen LogP contribution in [-0.2, 0) is 15.3 Å². The Balaban J connectivity index is 1.66. The first-order valence-corrected chi connectivity index (χ1v) is 7.99. The lowest BCUT2D eigenvalue weighted by Crippen LogP contribution is -2.52. The summed E-state index contributed by atoms with van der Waals surface area (Å²) in [6.45, 7) is 0. The normalized spacial score (nSPS) is 21.9. The average molecular weight is 345 g/mol. The molecule has 2 fully saturated rings. The van der Waals surface area contributed by atoms with Crippen LogP contribution in [0.1, 0.15) is 41.9 Å². The molecule has 8 nitrogen and oxygen atoms in total. The number of nitrogens with one attached hydrogen (secondary N) is 3. The summed E-state index contributed by atoms with van der Waals surface area (Å²) in [5.41, 5.74) is 5.49. The highest BCUT2D eigenvalue weighted by molar-refractivity contribution is 6.11. The Bertz CT molecular complexity index is 918.